The number of nitrogens with zero attached hydrogens (tertiary/aromatic N) is 3. The molecule has 7 nitrogen and oxygen atoms in total. The Bertz CT molecular complexity index is 1070. The number of nitrogen functional groups attached to an aromatic ring is 1. The fourth-order valence-corrected chi connectivity index (χ4v) is 3.62. The van der Waals surface area contributed by atoms with Crippen LogP contribution in [0.25, 0.3) is 11.3 Å². The molecule has 1 aliphatic heterocycles. The molecule has 4 rings (SSSR count). The molecule has 1 aromatic carbocycles. The summed E-state index contributed by atoms with van der Waals surface area (Å²) in [5.41, 5.74) is 9.66. The molecule has 0 saturated carbocycles. The van der Waals surface area contributed by atoms with Crippen LogP contribution in [0.1, 0.15) is 16.8 Å². The van der Waals surface area contributed by atoms with Gasteiger partial charge >= 0.3 is 0 Å². The molecule has 8 heteroatoms. The van der Waals surface area contributed by atoms with Crippen LogP contribution in [-0.2, 0) is 19.5 Å². The number of aromatic nitrogens is 3. The van der Waals surface area contributed by atoms with E-state index in [2.05, 4.69) is 19.9 Å². The number of hydrogen-bond donors (Lipinski definition) is 2. The average Bonchev–Trinajstić information content (AvgIpc) is 2.69. The number of anilines is 1. The van der Waals surface area contributed by atoms with Crippen LogP contribution in [0.5, 0.6) is 5.75 Å². The van der Waals surface area contributed by atoms with Crippen molar-refractivity contribution in [1.82, 2.24) is 19.9 Å². The van der Waals surface area contributed by atoms with Gasteiger partial charge in [0.05, 0.1) is 24.1 Å². The number of H-pyrrole nitrogens is 1. The second-order valence-electron chi connectivity index (χ2n) is 6.73. The highest BCUT2D eigenvalue weighted by Gasteiger charge is 2.21. The van der Waals surface area contributed by atoms with E-state index in [1.807, 2.05) is 30.5 Å². The molecule has 3 aromatic rings. The van der Waals surface area contributed by atoms with E-state index in [1.54, 1.807) is 13.2 Å². The zero-order valence-electron chi connectivity index (χ0n) is 15.4. The van der Waals surface area contributed by atoms with Gasteiger partial charge in [0.25, 0.3) is 5.56 Å². The highest BCUT2D eigenvalue weighted by atomic mass is 35.5. The molecule has 1 aliphatic rings. The Kier molecular flexibility index (Phi) is 5.02. The molecule has 0 bridgehead atoms. The van der Waals surface area contributed by atoms with Crippen molar-refractivity contribution >= 4 is 17.5 Å². The number of nitrogens with two attached hydrogens (primary N) is 1. The molecule has 0 unspecified atom stereocenters. The van der Waals surface area contributed by atoms with Gasteiger partial charge in [-0.05, 0) is 29.8 Å². The number of methoxy groups -OCH3 is 1. The molecule has 0 fully saturated rings. The number of ether oxygens (including phenoxy) is 1. The largest absolute Gasteiger partial charge is 0.496 e. The van der Waals surface area contributed by atoms with Crippen molar-refractivity contribution in [1.29, 1.82) is 0 Å². The number of rotatable bonds is 4. The van der Waals surface area contributed by atoms with E-state index in [0.29, 0.717) is 30.1 Å². The minimum atomic E-state index is -0.159. The van der Waals surface area contributed by atoms with Gasteiger partial charge in [-0.1, -0.05) is 17.7 Å². The molecule has 0 spiro atoms. The Morgan fingerprint density at radius 3 is 2.93 bits per heavy atom. The molecule has 0 saturated heterocycles. The van der Waals surface area contributed by atoms with Gasteiger partial charge in [-0.3, -0.25) is 19.7 Å². The molecular weight excluding hydrogens is 378 g/mol. The quantitative estimate of drug-likeness (QED) is 0.702. The third kappa shape index (κ3) is 3.72. The summed E-state index contributed by atoms with van der Waals surface area (Å²) in [6.07, 6.45) is 2.55. The van der Waals surface area contributed by atoms with Crippen LogP contribution in [0.15, 0.2) is 41.3 Å². The van der Waals surface area contributed by atoms with Crippen molar-refractivity contribution in [3.8, 4) is 17.0 Å². The predicted octanol–water partition coefficient (Wildman–Crippen LogP) is 2.63. The van der Waals surface area contributed by atoms with Gasteiger partial charge in [0.1, 0.15) is 5.75 Å². The maximum Gasteiger partial charge on any atom is 0.257 e. The fraction of sp³-hybridized carbons (Fsp3) is 0.250. The van der Waals surface area contributed by atoms with Gasteiger partial charge in [-0.2, -0.15) is 0 Å². The van der Waals surface area contributed by atoms with Crippen molar-refractivity contribution in [2.75, 3.05) is 19.4 Å². The van der Waals surface area contributed by atoms with Crippen molar-refractivity contribution in [3.63, 3.8) is 0 Å². The highest BCUT2D eigenvalue weighted by Crippen LogP contribution is 2.31. The Morgan fingerprint density at radius 1 is 1.32 bits per heavy atom. The van der Waals surface area contributed by atoms with Crippen LogP contribution in [0.3, 0.4) is 0 Å². The number of aromatic amines is 1. The Morgan fingerprint density at radius 2 is 2.18 bits per heavy atom. The Balaban J connectivity index is 1.51. The van der Waals surface area contributed by atoms with Gasteiger partial charge in [0.2, 0.25) is 5.95 Å². The summed E-state index contributed by atoms with van der Waals surface area (Å²) >= 11 is 6.12. The highest BCUT2D eigenvalue weighted by molar-refractivity contribution is 6.30. The third-order valence-electron chi connectivity index (χ3n) is 4.83. The maximum atomic E-state index is 12.1. The van der Waals surface area contributed by atoms with E-state index in [9.17, 15) is 4.79 Å². The van der Waals surface area contributed by atoms with Crippen LogP contribution < -0.4 is 16.0 Å². The average molecular weight is 398 g/mol. The summed E-state index contributed by atoms with van der Waals surface area (Å²) < 4.78 is 5.41. The lowest BCUT2D eigenvalue weighted by Gasteiger charge is -2.27. The molecule has 3 heterocycles. The zero-order chi connectivity index (χ0) is 19.7. The van der Waals surface area contributed by atoms with Crippen LogP contribution >= 0.6 is 11.6 Å². The lowest BCUT2D eigenvalue weighted by Crippen LogP contribution is -2.35. The Hall–Kier alpha value is -2.90. The summed E-state index contributed by atoms with van der Waals surface area (Å²) in [4.78, 5) is 25.7. The Labute approximate surface area is 167 Å². The number of fused-ring (bicyclic) bond motifs is 1. The molecular formula is C20H20ClN5O2. The molecule has 0 aliphatic carbocycles. The monoisotopic (exact) mass is 397 g/mol. The van der Waals surface area contributed by atoms with Gasteiger partial charge in [0, 0.05) is 42.8 Å². The molecule has 28 heavy (non-hydrogen) atoms. The minimum absolute atomic E-state index is 0.159. The predicted molar refractivity (Wildman–Crippen MR) is 108 cm³/mol. The first kappa shape index (κ1) is 18.5. The lowest BCUT2D eigenvalue weighted by molar-refractivity contribution is 0.241. The second kappa shape index (κ2) is 7.61. The van der Waals surface area contributed by atoms with Crippen LogP contribution in [0.2, 0.25) is 5.02 Å². The molecule has 0 atom stereocenters. The van der Waals surface area contributed by atoms with Crippen LogP contribution in [0.4, 0.5) is 5.95 Å². The first-order valence-corrected chi connectivity index (χ1v) is 9.30. The number of nitrogens with one attached hydrogen (secondary N) is 1. The van der Waals surface area contributed by atoms with E-state index in [0.717, 1.165) is 34.8 Å². The summed E-state index contributed by atoms with van der Waals surface area (Å²) in [5.74, 6) is 0.900. The van der Waals surface area contributed by atoms with Crippen molar-refractivity contribution in [2.24, 2.45) is 0 Å². The minimum Gasteiger partial charge on any atom is -0.496 e. The molecule has 2 aromatic heterocycles. The first-order valence-electron chi connectivity index (χ1n) is 8.92. The van der Waals surface area contributed by atoms with Gasteiger partial charge in [-0.25, -0.2) is 4.98 Å². The van der Waals surface area contributed by atoms with E-state index in [4.69, 9.17) is 22.1 Å². The van der Waals surface area contributed by atoms with Crippen LogP contribution in [0, 0.1) is 0 Å². The zero-order valence-corrected chi connectivity index (χ0v) is 16.2. The molecule has 3 N–H and O–H groups in total. The van der Waals surface area contributed by atoms with Gasteiger partial charge in [-0.15, -0.1) is 0 Å². The summed E-state index contributed by atoms with van der Waals surface area (Å²) in [5, 5.41) is 0.633. The first-order chi connectivity index (χ1) is 13.5. The summed E-state index contributed by atoms with van der Waals surface area (Å²) in [6.45, 7) is 2.05. The number of benzene rings is 1. The van der Waals surface area contributed by atoms with E-state index in [-0.39, 0.29) is 11.5 Å². The van der Waals surface area contributed by atoms with E-state index in [1.165, 1.54) is 0 Å². The summed E-state index contributed by atoms with van der Waals surface area (Å²) in [7, 11) is 1.62. The SMILES string of the molecule is COc1ccc(Cl)cc1-c1ccc(CN2CCc3nc(N)[nH]c(=O)c3C2)cn1. The molecule has 0 amide bonds. The van der Waals surface area contributed by atoms with E-state index < -0.39 is 0 Å². The normalized spacial score (nSPS) is 13.9. The van der Waals surface area contributed by atoms with Gasteiger partial charge in [0.15, 0.2) is 0 Å². The molecule has 144 valence electrons. The number of pyridine rings is 1. The van der Waals surface area contributed by atoms with Crippen LogP contribution in [-0.4, -0.2) is 33.5 Å². The van der Waals surface area contributed by atoms with Crippen molar-refractivity contribution < 1.29 is 4.74 Å². The third-order valence-corrected chi connectivity index (χ3v) is 5.07. The molecule has 0 radical (unpaired) electrons. The standard InChI is InChI=1S/C20H20ClN5O2/c1-28-18-5-3-13(21)8-14(18)16-4-2-12(9-23-16)10-26-7-6-17-15(11-26)19(27)25-20(22)24-17/h2-5,8-9H,6-7,10-11H2,1H3,(H3,22,24,25,27). The fourth-order valence-electron chi connectivity index (χ4n) is 3.45. The van der Waals surface area contributed by atoms with Gasteiger partial charge < -0.3 is 10.5 Å². The topological polar surface area (TPSA) is 97.1 Å². The maximum absolute atomic E-state index is 12.1. The number of hydrogen-bond acceptors (Lipinski definition) is 6. The second-order valence-corrected chi connectivity index (χ2v) is 7.17. The van der Waals surface area contributed by atoms with Crippen molar-refractivity contribution in [2.45, 2.75) is 19.5 Å². The summed E-state index contributed by atoms with van der Waals surface area (Å²) in [6, 6.07) is 9.45. The van der Waals surface area contributed by atoms with E-state index >= 15 is 0 Å². The van der Waals surface area contributed by atoms with Crippen molar-refractivity contribution in [3.05, 3.63) is 68.7 Å². The number of halogens is 1. The smallest absolute Gasteiger partial charge is 0.257 e. The lowest BCUT2D eigenvalue weighted by atomic mass is 10.1.